The van der Waals surface area contributed by atoms with Crippen molar-refractivity contribution in [3.63, 3.8) is 0 Å². The lowest BCUT2D eigenvalue weighted by molar-refractivity contribution is 0.289. The van der Waals surface area contributed by atoms with E-state index in [4.69, 9.17) is 0 Å². The molecule has 4 nitrogen and oxygen atoms in total. The molecule has 1 aliphatic carbocycles. The molecule has 1 aromatic rings. The fourth-order valence-corrected chi connectivity index (χ4v) is 2.31. The van der Waals surface area contributed by atoms with Gasteiger partial charge in [0.15, 0.2) is 23.3 Å². The largest absolute Gasteiger partial charge is 0.368 e. The summed E-state index contributed by atoms with van der Waals surface area (Å²) in [6.45, 7) is 7.16. The molecule has 2 rings (SSSR count). The maximum absolute atomic E-state index is 13.7. The highest BCUT2D eigenvalue weighted by atomic mass is 19.1. The van der Waals surface area contributed by atoms with Crippen LogP contribution in [0.3, 0.4) is 0 Å². The molecule has 0 bridgehead atoms. The highest BCUT2D eigenvalue weighted by Gasteiger charge is 2.27. The van der Waals surface area contributed by atoms with E-state index in [2.05, 4.69) is 27.4 Å². The summed E-state index contributed by atoms with van der Waals surface area (Å²) in [6.07, 6.45) is 3.36. The summed E-state index contributed by atoms with van der Waals surface area (Å²) in [6, 6.07) is 1.57. The van der Waals surface area contributed by atoms with Gasteiger partial charge in [0.2, 0.25) is 0 Å². The highest BCUT2D eigenvalue weighted by molar-refractivity contribution is 5.47. The lowest BCUT2D eigenvalue weighted by Crippen LogP contribution is -2.31. The zero-order valence-corrected chi connectivity index (χ0v) is 12.8. The van der Waals surface area contributed by atoms with Crippen molar-refractivity contribution in [2.45, 2.75) is 39.2 Å². The Balaban J connectivity index is 1.91. The second kappa shape index (κ2) is 7.54. The van der Waals surface area contributed by atoms with E-state index < -0.39 is 11.6 Å². The lowest BCUT2D eigenvalue weighted by Gasteiger charge is -2.20. The fourth-order valence-electron chi connectivity index (χ4n) is 2.31. The first kappa shape index (κ1) is 15.9. The van der Waals surface area contributed by atoms with E-state index >= 15 is 0 Å². The minimum absolute atomic E-state index is 0.107. The van der Waals surface area contributed by atoms with Gasteiger partial charge in [0.1, 0.15) is 0 Å². The van der Waals surface area contributed by atoms with Gasteiger partial charge < -0.3 is 10.6 Å². The first-order chi connectivity index (χ1) is 10.2. The molecule has 0 aromatic carbocycles. The minimum atomic E-state index is -0.653. The molecule has 1 aliphatic rings. The van der Waals surface area contributed by atoms with Gasteiger partial charge in [-0.25, -0.2) is 13.8 Å². The Labute approximate surface area is 124 Å². The van der Waals surface area contributed by atoms with Crippen LogP contribution in [0.1, 0.15) is 33.1 Å². The van der Waals surface area contributed by atoms with E-state index in [0.29, 0.717) is 19.1 Å². The average molecular weight is 298 g/mol. The second-order valence-electron chi connectivity index (χ2n) is 5.36. The second-order valence-corrected chi connectivity index (χ2v) is 5.36. The van der Waals surface area contributed by atoms with Crippen LogP contribution in [-0.2, 0) is 0 Å². The Hall–Kier alpha value is -1.43. The molecule has 0 aliphatic heterocycles. The average Bonchev–Trinajstić information content (AvgIpc) is 3.29. The SMILES string of the molecule is CCCNc1nc(NCCN(CC)C2CC2)c(F)cc1F. The van der Waals surface area contributed by atoms with Gasteiger partial charge in [-0.3, -0.25) is 4.90 Å². The van der Waals surface area contributed by atoms with Crippen LogP contribution in [0.4, 0.5) is 20.4 Å². The van der Waals surface area contributed by atoms with Crippen LogP contribution in [0, 0.1) is 11.6 Å². The Morgan fingerprint density at radius 2 is 1.76 bits per heavy atom. The van der Waals surface area contributed by atoms with Gasteiger partial charge in [-0.05, 0) is 25.8 Å². The molecule has 0 saturated heterocycles. The number of nitrogens with one attached hydrogen (secondary N) is 2. The number of pyridine rings is 1. The van der Waals surface area contributed by atoms with Gasteiger partial charge in [0.25, 0.3) is 0 Å². The number of rotatable bonds is 9. The van der Waals surface area contributed by atoms with Crippen LogP contribution in [0.15, 0.2) is 6.07 Å². The third-order valence-electron chi connectivity index (χ3n) is 3.63. The van der Waals surface area contributed by atoms with Crippen molar-refractivity contribution in [3.8, 4) is 0 Å². The number of aromatic nitrogens is 1. The normalized spacial score (nSPS) is 14.5. The van der Waals surface area contributed by atoms with Crippen LogP contribution in [0.2, 0.25) is 0 Å². The number of nitrogens with zero attached hydrogens (tertiary/aromatic N) is 2. The summed E-state index contributed by atoms with van der Waals surface area (Å²) in [5, 5.41) is 5.84. The van der Waals surface area contributed by atoms with E-state index in [0.717, 1.165) is 25.6 Å². The van der Waals surface area contributed by atoms with Gasteiger partial charge in [0, 0.05) is 31.7 Å². The van der Waals surface area contributed by atoms with Gasteiger partial charge in [0.05, 0.1) is 0 Å². The number of anilines is 2. The van der Waals surface area contributed by atoms with E-state index in [9.17, 15) is 8.78 Å². The molecule has 0 unspecified atom stereocenters. The lowest BCUT2D eigenvalue weighted by atomic mass is 10.3. The maximum Gasteiger partial charge on any atom is 0.168 e. The topological polar surface area (TPSA) is 40.2 Å². The monoisotopic (exact) mass is 298 g/mol. The van der Waals surface area contributed by atoms with Crippen LogP contribution >= 0.6 is 0 Å². The van der Waals surface area contributed by atoms with Crippen molar-refractivity contribution >= 4 is 11.6 Å². The van der Waals surface area contributed by atoms with Crippen molar-refractivity contribution < 1.29 is 8.78 Å². The summed E-state index contributed by atoms with van der Waals surface area (Å²) < 4.78 is 27.3. The number of hydrogen-bond acceptors (Lipinski definition) is 4. The molecule has 6 heteroatoms. The summed E-state index contributed by atoms with van der Waals surface area (Å²) in [5.74, 6) is -1.08. The van der Waals surface area contributed by atoms with Crippen molar-refractivity contribution in [2.75, 3.05) is 36.8 Å². The summed E-state index contributed by atoms with van der Waals surface area (Å²) in [4.78, 5) is 6.37. The van der Waals surface area contributed by atoms with Crippen molar-refractivity contribution in [1.29, 1.82) is 0 Å². The van der Waals surface area contributed by atoms with Crippen molar-refractivity contribution in [1.82, 2.24) is 9.88 Å². The summed E-state index contributed by atoms with van der Waals surface area (Å²) >= 11 is 0. The molecule has 1 heterocycles. The smallest absolute Gasteiger partial charge is 0.168 e. The number of hydrogen-bond donors (Lipinski definition) is 2. The summed E-state index contributed by atoms with van der Waals surface area (Å²) in [5.41, 5.74) is 0. The fraction of sp³-hybridized carbons (Fsp3) is 0.667. The van der Waals surface area contributed by atoms with Crippen molar-refractivity contribution in [2.24, 2.45) is 0 Å². The summed E-state index contributed by atoms with van der Waals surface area (Å²) in [7, 11) is 0. The van der Waals surface area contributed by atoms with Gasteiger partial charge in [-0.2, -0.15) is 0 Å². The van der Waals surface area contributed by atoms with Gasteiger partial charge in [-0.15, -0.1) is 0 Å². The molecule has 0 radical (unpaired) electrons. The molecule has 118 valence electrons. The Morgan fingerprint density at radius 3 is 2.29 bits per heavy atom. The van der Waals surface area contributed by atoms with Crippen LogP contribution in [-0.4, -0.2) is 42.1 Å². The standard InChI is InChI=1S/C15H24F2N4/c1-3-7-18-14-12(16)10-13(17)15(20-14)19-8-9-21(4-2)11-5-6-11/h10-11H,3-9H2,1-2H3,(H2,18,19,20). The minimum Gasteiger partial charge on any atom is -0.368 e. The molecule has 0 amide bonds. The zero-order valence-electron chi connectivity index (χ0n) is 12.8. The Bertz CT molecular complexity index is 463. The van der Waals surface area contributed by atoms with Crippen molar-refractivity contribution in [3.05, 3.63) is 17.7 Å². The molecule has 1 saturated carbocycles. The Kier molecular flexibility index (Phi) is 5.73. The maximum atomic E-state index is 13.7. The van der Waals surface area contributed by atoms with E-state index in [-0.39, 0.29) is 11.6 Å². The van der Waals surface area contributed by atoms with Crippen LogP contribution in [0.25, 0.3) is 0 Å². The molecule has 2 N–H and O–H groups in total. The molecule has 0 spiro atoms. The first-order valence-corrected chi connectivity index (χ1v) is 7.73. The predicted molar refractivity (Wildman–Crippen MR) is 81.7 cm³/mol. The van der Waals surface area contributed by atoms with Gasteiger partial charge in [-0.1, -0.05) is 13.8 Å². The third kappa shape index (κ3) is 4.52. The molecule has 1 fully saturated rings. The van der Waals surface area contributed by atoms with E-state index in [1.807, 2.05) is 6.92 Å². The predicted octanol–water partition coefficient (Wildman–Crippen LogP) is 3.08. The molecular weight excluding hydrogens is 274 g/mol. The van der Waals surface area contributed by atoms with Gasteiger partial charge >= 0.3 is 0 Å². The molecule has 0 atom stereocenters. The third-order valence-corrected chi connectivity index (χ3v) is 3.63. The zero-order chi connectivity index (χ0) is 15.2. The Morgan fingerprint density at radius 1 is 1.14 bits per heavy atom. The molecule has 1 aromatic heterocycles. The quantitative estimate of drug-likeness (QED) is 0.735. The number of halogens is 2. The first-order valence-electron chi connectivity index (χ1n) is 7.73. The molecular formula is C15H24F2N4. The highest BCUT2D eigenvalue weighted by Crippen LogP contribution is 2.26. The van der Waals surface area contributed by atoms with Crippen LogP contribution < -0.4 is 10.6 Å². The molecule has 21 heavy (non-hydrogen) atoms. The van der Waals surface area contributed by atoms with E-state index in [1.54, 1.807) is 0 Å². The number of likely N-dealkylation sites (N-methyl/N-ethyl adjacent to an activating group) is 1. The van der Waals surface area contributed by atoms with Crippen LogP contribution in [0.5, 0.6) is 0 Å². The van der Waals surface area contributed by atoms with E-state index in [1.165, 1.54) is 12.8 Å².